The number of ether oxygens (including phenoxy) is 2. The molecular formula is C16H21NO5. The molecule has 0 saturated heterocycles. The maximum atomic E-state index is 12.4. The molecule has 0 heterocycles. The maximum Gasteiger partial charge on any atom is 0.335 e. The minimum atomic E-state index is -1.09. The Morgan fingerprint density at radius 2 is 1.82 bits per heavy atom. The van der Waals surface area contributed by atoms with Crippen molar-refractivity contribution in [3.8, 4) is 11.5 Å². The molecule has 1 aliphatic rings. The van der Waals surface area contributed by atoms with Crippen LogP contribution in [0.4, 0.5) is 5.69 Å². The summed E-state index contributed by atoms with van der Waals surface area (Å²) in [5, 5.41) is 12.0. The van der Waals surface area contributed by atoms with Crippen molar-refractivity contribution < 1.29 is 24.2 Å². The Bertz CT molecular complexity index is 564. The van der Waals surface area contributed by atoms with E-state index in [-0.39, 0.29) is 23.1 Å². The van der Waals surface area contributed by atoms with Crippen LogP contribution in [0, 0.1) is 5.92 Å². The molecule has 1 fully saturated rings. The van der Waals surface area contributed by atoms with Gasteiger partial charge in [0, 0.05) is 5.92 Å². The fourth-order valence-corrected chi connectivity index (χ4v) is 2.78. The van der Waals surface area contributed by atoms with Crippen LogP contribution in [0.1, 0.15) is 42.5 Å². The summed E-state index contributed by atoms with van der Waals surface area (Å²) in [5.41, 5.74) is 0.367. The van der Waals surface area contributed by atoms with E-state index in [4.69, 9.17) is 14.6 Å². The normalized spacial score (nSPS) is 15.2. The molecule has 0 spiro atoms. The second kappa shape index (κ2) is 7.15. The maximum absolute atomic E-state index is 12.4. The van der Waals surface area contributed by atoms with Crippen molar-refractivity contribution in [1.29, 1.82) is 0 Å². The number of nitrogens with one attached hydrogen (secondary N) is 1. The van der Waals surface area contributed by atoms with E-state index < -0.39 is 5.97 Å². The van der Waals surface area contributed by atoms with Crippen molar-refractivity contribution in [3.05, 3.63) is 17.7 Å². The molecule has 0 aromatic heterocycles. The summed E-state index contributed by atoms with van der Waals surface area (Å²) >= 11 is 0. The zero-order valence-corrected chi connectivity index (χ0v) is 12.8. The van der Waals surface area contributed by atoms with Crippen molar-refractivity contribution in [2.75, 3.05) is 19.5 Å². The average Bonchev–Trinajstić information content (AvgIpc) is 2.54. The summed E-state index contributed by atoms with van der Waals surface area (Å²) in [6.45, 7) is 0. The Hall–Kier alpha value is -2.24. The van der Waals surface area contributed by atoms with Crippen LogP contribution in [-0.2, 0) is 4.79 Å². The standard InChI is InChI=1S/C16H21NO5/c1-21-13-9-11(16(19)20)8-12(14(13)22-2)17-15(18)10-6-4-3-5-7-10/h8-10H,3-7H2,1-2H3,(H,17,18)(H,19,20). The Balaban J connectivity index is 2.29. The lowest BCUT2D eigenvalue weighted by Gasteiger charge is -2.22. The van der Waals surface area contributed by atoms with Crippen molar-refractivity contribution in [2.45, 2.75) is 32.1 Å². The Kier molecular flexibility index (Phi) is 5.25. The highest BCUT2D eigenvalue weighted by Crippen LogP contribution is 2.37. The predicted molar refractivity (Wildman–Crippen MR) is 81.7 cm³/mol. The first kappa shape index (κ1) is 16.1. The van der Waals surface area contributed by atoms with E-state index in [1.165, 1.54) is 26.4 Å². The molecule has 2 rings (SSSR count). The molecule has 1 aromatic carbocycles. The molecule has 0 atom stereocenters. The zero-order chi connectivity index (χ0) is 16.1. The highest BCUT2D eigenvalue weighted by atomic mass is 16.5. The van der Waals surface area contributed by atoms with Gasteiger partial charge in [-0.1, -0.05) is 19.3 Å². The number of benzene rings is 1. The highest BCUT2D eigenvalue weighted by Gasteiger charge is 2.24. The molecule has 22 heavy (non-hydrogen) atoms. The molecule has 1 aromatic rings. The summed E-state index contributed by atoms with van der Waals surface area (Å²) in [5.74, 6) is -0.604. The van der Waals surface area contributed by atoms with Gasteiger partial charge in [0.15, 0.2) is 11.5 Å². The lowest BCUT2D eigenvalue weighted by atomic mass is 9.88. The molecule has 6 nitrogen and oxygen atoms in total. The number of carboxylic acids is 1. The van der Waals surface area contributed by atoms with Crippen molar-refractivity contribution in [1.82, 2.24) is 0 Å². The van der Waals surface area contributed by atoms with Crippen LogP contribution in [-0.4, -0.2) is 31.2 Å². The fourth-order valence-electron chi connectivity index (χ4n) is 2.78. The molecule has 0 bridgehead atoms. The number of rotatable bonds is 5. The number of methoxy groups -OCH3 is 2. The molecule has 120 valence electrons. The second-order valence-electron chi connectivity index (χ2n) is 5.39. The topological polar surface area (TPSA) is 84.9 Å². The first-order valence-electron chi connectivity index (χ1n) is 7.37. The van der Waals surface area contributed by atoms with Gasteiger partial charge in [0.05, 0.1) is 25.5 Å². The third-order valence-corrected chi connectivity index (χ3v) is 3.96. The first-order chi connectivity index (χ1) is 10.6. The van der Waals surface area contributed by atoms with Gasteiger partial charge in [-0.3, -0.25) is 4.79 Å². The molecule has 1 saturated carbocycles. The van der Waals surface area contributed by atoms with Gasteiger partial charge >= 0.3 is 5.97 Å². The van der Waals surface area contributed by atoms with Crippen LogP contribution in [0.3, 0.4) is 0 Å². The van der Waals surface area contributed by atoms with Crippen LogP contribution in [0.5, 0.6) is 11.5 Å². The Morgan fingerprint density at radius 1 is 1.14 bits per heavy atom. The van der Waals surface area contributed by atoms with Gasteiger partial charge in [-0.2, -0.15) is 0 Å². The minimum Gasteiger partial charge on any atom is -0.493 e. The molecular weight excluding hydrogens is 286 g/mol. The summed E-state index contributed by atoms with van der Waals surface area (Å²) < 4.78 is 10.4. The number of hydrogen-bond acceptors (Lipinski definition) is 4. The number of hydrogen-bond donors (Lipinski definition) is 2. The predicted octanol–water partition coefficient (Wildman–Crippen LogP) is 2.92. The van der Waals surface area contributed by atoms with Crippen LogP contribution in [0.2, 0.25) is 0 Å². The van der Waals surface area contributed by atoms with E-state index in [9.17, 15) is 9.59 Å². The Morgan fingerprint density at radius 3 is 2.36 bits per heavy atom. The summed E-state index contributed by atoms with van der Waals surface area (Å²) in [6.07, 6.45) is 4.99. The van der Waals surface area contributed by atoms with E-state index in [0.29, 0.717) is 11.4 Å². The van der Waals surface area contributed by atoms with E-state index in [2.05, 4.69) is 5.32 Å². The van der Waals surface area contributed by atoms with Crippen LogP contribution in [0.15, 0.2) is 12.1 Å². The number of carboxylic acid groups (broad SMARTS) is 1. The van der Waals surface area contributed by atoms with E-state index in [0.717, 1.165) is 32.1 Å². The molecule has 1 amide bonds. The molecule has 2 N–H and O–H groups in total. The molecule has 0 radical (unpaired) electrons. The number of aromatic carboxylic acids is 1. The van der Waals surface area contributed by atoms with Gasteiger partial charge in [-0.25, -0.2) is 4.79 Å². The summed E-state index contributed by atoms with van der Waals surface area (Å²) in [7, 11) is 2.88. The van der Waals surface area contributed by atoms with Crippen molar-refractivity contribution >= 4 is 17.6 Å². The third kappa shape index (κ3) is 3.50. The van der Waals surface area contributed by atoms with Crippen LogP contribution in [0.25, 0.3) is 0 Å². The Labute approximate surface area is 129 Å². The molecule has 0 unspecified atom stereocenters. The first-order valence-corrected chi connectivity index (χ1v) is 7.37. The average molecular weight is 307 g/mol. The number of carbonyl (C=O) groups excluding carboxylic acids is 1. The van der Waals surface area contributed by atoms with E-state index in [1.807, 2.05) is 0 Å². The quantitative estimate of drug-likeness (QED) is 0.873. The minimum absolute atomic E-state index is 0.0297. The second-order valence-corrected chi connectivity index (χ2v) is 5.39. The number of amides is 1. The van der Waals surface area contributed by atoms with Gasteiger partial charge in [0.1, 0.15) is 0 Å². The molecule has 0 aliphatic heterocycles. The summed E-state index contributed by atoms with van der Waals surface area (Å²) in [6, 6.07) is 2.77. The number of anilines is 1. The number of carbonyl (C=O) groups is 2. The van der Waals surface area contributed by atoms with Gasteiger partial charge in [0.25, 0.3) is 0 Å². The lowest BCUT2D eigenvalue weighted by molar-refractivity contribution is -0.120. The largest absolute Gasteiger partial charge is 0.493 e. The monoisotopic (exact) mass is 307 g/mol. The van der Waals surface area contributed by atoms with Gasteiger partial charge < -0.3 is 19.9 Å². The van der Waals surface area contributed by atoms with Gasteiger partial charge in [0.2, 0.25) is 5.91 Å². The highest BCUT2D eigenvalue weighted by molar-refractivity contribution is 5.97. The van der Waals surface area contributed by atoms with Gasteiger partial charge in [-0.05, 0) is 25.0 Å². The van der Waals surface area contributed by atoms with E-state index >= 15 is 0 Å². The molecule has 1 aliphatic carbocycles. The van der Waals surface area contributed by atoms with Crippen molar-refractivity contribution in [3.63, 3.8) is 0 Å². The van der Waals surface area contributed by atoms with Crippen LogP contribution < -0.4 is 14.8 Å². The van der Waals surface area contributed by atoms with E-state index in [1.54, 1.807) is 0 Å². The summed E-state index contributed by atoms with van der Waals surface area (Å²) in [4.78, 5) is 23.6. The van der Waals surface area contributed by atoms with Gasteiger partial charge in [-0.15, -0.1) is 0 Å². The third-order valence-electron chi connectivity index (χ3n) is 3.96. The van der Waals surface area contributed by atoms with Crippen LogP contribution >= 0.6 is 0 Å². The SMILES string of the molecule is COc1cc(C(=O)O)cc(NC(=O)C2CCCCC2)c1OC. The van der Waals surface area contributed by atoms with Crippen molar-refractivity contribution in [2.24, 2.45) is 5.92 Å². The zero-order valence-electron chi connectivity index (χ0n) is 12.8. The fraction of sp³-hybridized carbons (Fsp3) is 0.500. The lowest BCUT2D eigenvalue weighted by Crippen LogP contribution is -2.25. The molecule has 6 heteroatoms. The smallest absolute Gasteiger partial charge is 0.335 e.